The molecular formula is C27H28F2N2O2S. The minimum absolute atomic E-state index is 0.0925. The number of nitrogens with one attached hydrogen (secondary N) is 1. The first-order valence-corrected chi connectivity index (χ1v) is 12.1. The number of aliphatic imine (C=N–C) groups is 1. The van der Waals surface area contributed by atoms with Crippen LogP contribution in [0.1, 0.15) is 53.6 Å². The van der Waals surface area contributed by atoms with Crippen LogP contribution < -0.4 is 10.1 Å². The van der Waals surface area contributed by atoms with Crippen LogP contribution in [0.25, 0.3) is 0 Å². The van der Waals surface area contributed by atoms with Crippen LogP contribution in [0.3, 0.4) is 0 Å². The summed E-state index contributed by atoms with van der Waals surface area (Å²) < 4.78 is 29.2. The Bertz CT molecular complexity index is 1170. The van der Waals surface area contributed by atoms with Crippen LogP contribution in [0, 0.1) is 11.3 Å². The van der Waals surface area contributed by atoms with Crippen LogP contribution in [0.5, 0.6) is 5.75 Å². The number of carbonyl (C=O) groups is 1. The Morgan fingerprint density at radius 3 is 2.50 bits per heavy atom. The first-order valence-electron chi connectivity index (χ1n) is 11.3. The van der Waals surface area contributed by atoms with Gasteiger partial charge in [0.25, 0.3) is 5.91 Å². The van der Waals surface area contributed by atoms with E-state index in [1.54, 1.807) is 29.7 Å². The van der Waals surface area contributed by atoms with E-state index in [0.29, 0.717) is 16.5 Å². The van der Waals surface area contributed by atoms with Gasteiger partial charge in [-0.05, 0) is 78.1 Å². The molecule has 0 unspecified atom stereocenters. The highest BCUT2D eigenvalue weighted by atomic mass is 32.1. The molecule has 1 N–H and O–H groups in total. The van der Waals surface area contributed by atoms with Crippen molar-refractivity contribution >= 4 is 34.1 Å². The van der Waals surface area contributed by atoms with Crippen molar-refractivity contribution in [3.8, 4) is 5.75 Å². The molecule has 0 bridgehead atoms. The van der Waals surface area contributed by atoms with Crippen LogP contribution in [0.15, 0.2) is 59.6 Å². The smallest absolute Gasteiger partial charge is 0.387 e. The Balaban J connectivity index is 1.64. The lowest BCUT2D eigenvalue weighted by Gasteiger charge is -2.33. The van der Waals surface area contributed by atoms with E-state index in [-0.39, 0.29) is 17.1 Å². The van der Waals surface area contributed by atoms with Gasteiger partial charge in [0.15, 0.2) is 0 Å². The number of amides is 1. The van der Waals surface area contributed by atoms with Crippen molar-refractivity contribution in [2.75, 3.05) is 5.32 Å². The highest BCUT2D eigenvalue weighted by molar-refractivity contribution is 7.16. The molecule has 1 aliphatic rings. The number of alkyl halides is 2. The topological polar surface area (TPSA) is 50.7 Å². The Hall–Kier alpha value is -3.06. The summed E-state index contributed by atoms with van der Waals surface area (Å²) in [5.74, 6) is 0.475. The molecular weight excluding hydrogens is 454 g/mol. The molecule has 0 saturated heterocycles. The van der Waals surface area contributed by atoms with E-state index in [4.69, 9.17) is 0 Å². The molecule has 4 nitrogen and oxygen atoms in total. The van der Waals surface area contributed by atoms with E-state index in [9.17, 15) is 13.6 Å². The number of para-hydroxylation sites is 1. The summed E-state index contributed by atoms with van der Waals surface area (Å²) in [4.78, 5) is 19.2. The van der Waals surface area contributed by atoms with Gasteiger partial charge in [-0.2, -0.15) is 8.78 Å². The fraction of sp³-hybridized carbons (Fsp3) is 0.333. The lowest BCUT2D eigenvalue weighted by atomic mass is 9.72. The lowest BCUT2D eigenvalue weighted by molar-refractivity contribution is -0.0498. The molecule has 0 radical (unpaired) electrons. The number of ether oxygens (including phenoxy) is 1. The highest BCUT2D eigenvalue weighted by Gasteiger charge is 2.33. The lowest BCUT2D eigenvalue weighted by Crippen LogP contribution is -2.27. The molecule has 178 valence electrons. The molecule has 0 spiro atoms. The predicted octanol–water partition coefficient (Wildman–Crippen LogP) is 7.50. The SMILES string of the molecule is CC(C)(C)[C@@H]1CCc2c(sc(N=Cc3ccc(OC(F)F)cc3)c2C(=O)Nc2ccccc2)C1. The van der Waals surface area contributed by atoms with Gasteiger partial charge >= 0.3 is 6.61 Å². The number of nitrogens with zero attached hydrogens (tertiary/aromatic N) is 1. The zero-order valence-corrected chi connectivity index (χ0v) is 20.3. The van der Waals surface area contributed by atoms with Crippen molar-refractivity contribution in [1.82, 2.24) is 0 Å². The van der Waals surface area contributed by atoms with Crippen LogP contribution in [-0.2, 0) is 12.8 Å². The number of rotatable bonds is 6. The number of carbonyl (C=O) groups excluding carboxylic acids is 1. The average molecular weight is 483 g/mol. The average Bonchev–Trinajstić information content (AvgIpc) is 3.16. The second-order valence-electron chi connectivity index (χ2n) is 9.52. The Kier molecular flexibility index (Phi) is 7.12. The van der Waals surface area contributed by atoms with Crippen molar-refractivity contribution in [2.24, 2.45) is 16.3 Å². The number of thiophene rings is 1. The van der Waals surface area contributed by atoms with Crippen LogP contribution >= 0.6 is 11.3 Å². The van der Waals surface area contributed by atoms with E-state index >= 15 is 0 Å². The molecule has 4 rings (SSSR count). The second-order valence-corrected chi connectivity index (χ2v) is 10.6. The van der Waals surface area contributed by atoms with E-state index in [1.807, 2.05) is 30.3 Å². The fourth-order valence-electron chi connectivity index (χ4n) is 4.22. The van der Waals surface area contributed by atoms with Gasteiger partial charge in [0.1, 0.15) is 10.8 Å². The summed E-state index contributed by atoms with van der Waals surface area (Å²) in [6, 6.07) is 15.7. The van der Waals surface area contributed by atoms with E-state index in [2.05, 4.69) is 35.8 Å². The molecule has 3 aromatic rings. The predicted molar refractivity (Wildman–Crippen MR) is 134 cm³/mol. The minimum atomic E-state index is -2.86. The first kappa shape index (κ1) is 24.1. The van der Waals surface area contributed by atoms with Crippen molar-refractivity contribution in [1.29, 1.82) is 0 Å². The number of benzene rings is 2. The van der Waals surface area contributed by atoms with E-state index in [1.165, 1.54) is 17.0 Å². The highest BCUT2D eigenvalue weighted by Crippen LogP contribution is 2.45. The summed E-state index contributed by atoms with van der Waals surface area (Å²) in [5, 5.41) is 3.67. The molecule has 34 heavy (non-hydrogen) atoms. The molecule has 2 aromatic carbocycles. The molecule has 0 saturated carbocycles. The van der Waals surface area contributed by atoms with E-state index < -0.39 is 6.61 Å². The van der Waals surface area contributed by atoms with Gasteiger partial charge in [-0.15, -0.1) is 11.3 Å². The summed E-state index contributed by atoms with van der Waals surface area (Å²) in [5.41, 5.74) is 3.38. The van der Waals surface area contributed by atoms with Gasteiger partial charge in [0, 0.05) is 16.8 Å². The third-order valence-electron chi connectivity index (χ3n) is 6.17. The number of fused-ring (bicyclic) bond motifs is 1. The number of hydrogen-bond donors (Lipinski definition) is 1. The quantitative estimate of drug-likeness (QED) is 0.370. The van der Waals surface area contributed by atoms with Crippen molar-refractivity contribution in [3.05, 3.63) is 76.2 Å². The third kappa shape index (κ3) is 5.70. The normalized spacial score (nSPS) is 16.0. The van der Waals surface area contributed by atoms with Crippen LogP contribution in [0.2, 0.25) is 0 Å². The maximum absolute atomic E-state index is 13.3. The molecule has 0 aliphatic heterocycles. The zero-order valence-electron chi connectivity index (χ0n) is 19.5. The zero-order chi connectivity index (χ0) is 24.3. The Labute approximate surface area is 202 Å². The molecule has 1 heterocycles. The molecule has 1 aromatic heterocycles. The van der Waals surface area contributed by atoms with Crippen LogP contribution in [0.4, 0.5) is 19.5 Å². The van der Waals surface area contributed by atoms with Gasteiger partial charge in [-0.1, -0.05) is 39.0 Å². The number of halogens is 2. The first-order chi connectivity index (χ1) is 16.2. The minimum Gasteiger partial charge on any atom is -0.435 e. The van der Waals surface area contributed by atoms with Gasteiger partial charge in [0.05, 0.1) is 5.56 Å². The monoisotopic (exact) mass is 482 g/mol. The standard InChI is InChI=1S/C27H28F2N2O2S/c1-27(2,3)18-11-14-21-22(15-18)34-25(23(21)24(32)31-19-7-5-4-6-8-19)30-16-17-9-12-20(13-10-17)33-26(28)29/h4-10,12-13,16,18,26H,11,14-15H2,1-3H3,(H,31,32)/t18-/m1/s1. The van der Waals surface area contributed by atoms with Crippen molar-refractivity contribution in [3.63, 3.8) is 0 Å². The summed E-state index contributed by atoms with van der Waals surface area (Å²) >= 11 is 1.57. The summed E-state index contributed by atoms with van der Waals surface area (Å²) in [7, 11) is 0. The fourth-order valence-corrected chi connectivity index (χ4v) is 5.49. The van der Waals surface area contributed by atoms with Gasteiger partial charge in [-0.3, -0.25) is 4.79 Å². The summed E-state index contributed by atoms with van der Waals surface area (Å²) in [6.45, 7) is 3.93. The molecule has 0 fully saturated rings. The largest absolute Gasteiger partial charge is 0.435 e. The maximum atomic E-state index is 13.3. The second kappa shape index (κ2) is 10.1. The Morgan fingerprint density at radius 1 is 1.15 bits per heavy atom. The molecule has 1 aliphatic carbocycles. The van der Waals surface area contributed by atoms with E-state index in [0.717, 1.165) is 36.1 Å². The molecule has 1 amide bonds. The van der Waals surface area contributed by atoms with Crippen LogP contribution in [-0.4, -0.2) is 18.7 Å². The van der Waals surface area contributed by atoms with Crippen molar-refractivity contribution < 1.29 is 18.3 Å². The van der Waals surface area contributed by atoms with Gasteiger partial charge in [-0.25, -0.2) is 4.99 Å². The maximum Gasteiger partial charge on any atom is 0.387 e. The van der Waals surface area contributed by atoms with Gasteiger partial charge in [0.2, 0.25) is 0 Å². The number of hydrogen-bond acceptors (Lipinski definition) is 4. The van der Waals surface area contributed by atoms with Crippen molar-refractivity contribution in [2.45, 2.75) is 46.6 Å². The molecule has 1 atom stereocenters. The molecule has 7 heteroatoms. The number of anilines is 1. The van der Waals surface area contributed by atoms with Gasteiger partial charge < -0.3 is 10.1 Å². The Morgan fingerprint density at radius 2 is 1.85 bits per heavy atom. The third-order valence-corrected chi connectivity index (χ3v) is 7.33. The summed E-state index contributed by atoms with van der Waals surface area (Å²) in [6.07, 6.45) is 4.47.